The van der Waals surface area contributed by atoms with E-state index in [1.54, 1.807) is 0 Å². The Morgan fingerprint density at radius 1 is 1.15 bits per heavy atom. The molecular formula is C18H31NO14. The second-order valence-corrected chi connectivity index (χ2v) is 7.94. The van der Waals surface area contributed by atoms with Crippen molar-refractivity contribution in [3.63, 3.8) is 0 Å². The first-order chi connectivity index (χ1) is 15.4. The number of amides is 1. The molecule has 2 aliphatic rings. The van der Waals surface area contributed by atoms with Gasteiger partial charge in [0.25, 0.3) is 5.79 Å². The second-order valence-electron chi connectivity index (χ2n) is 7.94. The third kappa shape index (κ3) is 5.95. The van der Waals surface area contributed by atoms with Crippen molar-refractivity contribution < 1.29 is 69.4 Å². The maximum absolute atomic E-state index is 12.1. The molecule has 9 N–H and O–H groups in total. The number of hydrogen-bond acceptors (Lipinski definition) is 13. The summed E-state index contributed by atoms with van der Waals surface area (Å²) < 4.78 is 20.9. The maximum atomic E-state index is 12.1. The Hall–Kier alpha value is -1.50. The summed E-state index contributed by atoms with van der Waals surface area (Å²) in [6.07, 6.45) is -15.7. The SMILES string of the molecule is CO[C@@H]1O[C@H](CO[C@]2(C(=O)O)C[C@H](O)[C@@H](NC(C)=O)[C@H]([C@@H](O)[C@H](O)CO)O2)[C@H](O)[C@H](O)[C@H]1O. The van der Waals surface area contributed by atoms with Crippen molar-refractivity contribution >= 4 is 11.9 Å². The van der Waals surface area contributed by atoms with Gasteiger partial charge in [-0.2, -0.15) is 0 Å². The van der Waals surface area contributed by atoms with Crippen molar-refractivity contribution in [3.05, 3.63) is 0 Å². The van der Waals surface area contributed by atoms with E-state index in [1.807, 2.05) is 0 Å². The van der Waals surface area contributed by atoms with Gasteiger partial charge in [0.1, 0.15) is 42.7 Å². The lowest BCUT2D eigenvalue weighted by Gasteiger charge is -2.47. The van der Waals surface area contributed by atoms with Crippen LogP contribution in [0.4, 0.5) is 0 Å². The van der Waals surface area contributed by atoms with Crippen LogP contribution in [0.15, 0.2) is 0 Å². The fourth-order valence-corrected chi connectivity index (χ4v) is 3.74. The van der Waals surface area contributed by atoms with Crippen LogP contribution in [-0.2, 0) is 28.5 Å². The Bertz CT molecular complexity index is 679. The summed E-state index contributed by atoms with van der Waals surface area (Å²) >= 11 is 0. The number of ether oxygens (including phenoxy) is 4. The number of hydrogen-bond donors (Lipinski definition) is 9. The minimum absolute atomic E-state index is 0.654. The van der Waals surface area contributed by atoms with Gasteiger partial charge in [0, 0.05) is 20.5 Å². The highest BCUT2D eigenvalue weighted by Gasteiger charge is 2.56. The Morgan fingerprint density at radius 2 is 1.79 bits per heavy atom. The smallest absolute Gasteiger partial charge is 0.364 e. The Kier molecular flexibility index (Phi) is 9.49. The van der Waals surface area contributed by atoms with Crippen LogP contribution < -0.4 is 5.32 Å². The molecule has 0 aromatic heterocycles. The number of rotatable bonds is 9. The molecule has 2 fully saturated rings. The standard InChI is InChI=1S/C18H31NO14/c1-6(21)19-10-7(22)3-18(17(28)29,33-15(10)11(24)8(23)4-20)31-5-9-12(25)13(26)14(27)16(30-2)32-9/h7-16,20,22-27H,3-5H2,1-2H3,(H,19,21)(H,28,29)/t7-,8+,9+,10+,11-,12-,13-,14+,15+,16+,18+/m0/s1. The number of aliphatic carboxylic acids is 1. The predicted octanol–water partition coefficient (Wildman–Crippen LogP) is -5.39. The zero-order chi connectivity index (χ0) is 25.1. The average Bonchev–Trinajstić information content (AvgIpc) is 2.77. The van der Waals surface area contributed by atoms with Gasteiger partial charge in [0.15, 0.2) is 6.29 Å². The van der Waals surface area contributed by atoms with Crippen LogP contribution in [0.25, 0.3) is 0 Å². The van der Waals surface area contributed by atoms with Gasteiger partial charge in [0.05, 0.1) is 25.4 Å². The van der Waals surface area contributed by atoms with Gasteiger partial charge in [-0.25, -0.2) is 4.79 Å². The zero-order valence-electron chi connectivity index (χ0n) is 17.9. The number of carboxylic acids is 1. The summed E-state index contributed by atoms with van der Waals surface area (Å²) in [5.74, 6) is -5.06. The molecule has 0 radical (unpaired) electrons. The van der Waals surface area contributed by atoms with Crippen LogP contribution >= 0.6 is 0 Å². The van der Waals surface area contributed by atoms with Gasteiger partial charge in [-0.15, -0.1) is 0 Å². The Balaban J connectivity index is 2.28. The van der Waals surface area contributed by atoms with Crippen LogP contribution in [0.5, 0.6) is 0 Å². The highest BCUT2D eigenvalue weighted by molar-refractivity contribution is 5.76. The lowest BCUT2D eigenvalue weighted by atomic mass is 9.88. The quantitative estimate of drug-likeness (QED) is 0.148. The number of methoxy groups -OCH3 is 1. The molecule has 0 aliphatic carbocycles. The number of nitrogens with one attached hydrogen (secondary N) is 1. The van der Waals surface area contributed by atoms with Gasteiger partial charge < -0.3 is 65.1 Å². The van der Waals surface area contributed by atoms with Gasteiger partial charge in [-0.1, -0.05) is 0 Å². The first-order valence-corrected chi connectivity index (χ1v) is 10.1. The summed E-state index contributed by atoms with van der Waals surface area (Å²) in [5, 5.41) is 81.9. The van der Waals surface area contributed by atoms with Crippen LogP contribution in [0.2, 0.25) is 0 Å². The zero-order valence-corrected chi connectivity index (χ0v) is 17.9. The monoisotopic (exact) mass is 485 g/mol. The van der Waals surface area contributed by atoms with E-state index in [0.29, 0.717) is 0 Å². The summed E-state index contributed by atoms with van der Waals surface area (Å²) in [6.45, 7) is -0.576. The summed E-state index contributed by atoms with van der Waals surface area (Å²) in [7, 11) is 1.16. The number of carboxylic acid groups (broad SMARTS) is 1. The highest BCUT2D eigenvalue weighted by atomic mass is 16.7. The third-order valence-corrected chi connectivity index (χ3v) is 5.57. The highest BCUT2D eigenvalue weighted by Crippen LogP contribution is 2.34. The molecule has 15 nitrogen and oxygen atoms in total. The second kappa shape index (κ2) is 11.3. The molecule has 33 heavy (non-hydrogen) atoms. The molecule has 11 atom stereocenters. The van der Waals surface area contributed by atoms with E-state index in [-0.39, 0.29) is 0 Å². The molecule has 2 heterocycles. The van der Waals surface area contributed by atoms with E-state index in [0.717, 1.165) is 14.0 Å². The van der Waals surface area contributed by atoms with Gasteiger partial charge >= 0.3 is 5.97 Å². The van der Waals surface area contributed by atoms with E-state index in [4.69, 9.17) is 24.1 Å². The lowest BCUT2D eigenvalue weighted by Crippen LogP contribution is -2.68. The fourth-order valence-electron chi connectivity index (χ4n) is 3.74. The van der Waals surface area contributed by atoms with Crippen LogP contribution in [-0.4, -0.2) is 140 Å². The van der Waals surface area contributed by atoms with Crippen molar-refractivity contribution in [3.8, 4) is 0 Å². The summed E-state index contributed by atoms with van der Waals surface area (Å²) in [6, 6.07) is -1.37. The van der Waals surface area contributed by atoms with E-state index in [9.17, 15) is 45.3 Å². The third-order valence-electron chi connectivity index (χ3n) is 5.57. The van der Waals surface area contributed by atoms with E-state index >= 15 is 0 Å². The number of carbonyl (C=O) groups is 2. The van der Waals surface area contributed by atoms with Crippen molar-refractivity contribution in [1.29, 1.82) is 0 Å². The number of aliphatic hydroxyl groups is 7. The molecule has 2 saturated heterocycles. The Morgan fingerprint density at radius 3 is 2.30 bits per heavy atom. The maximum Gasteiger partial charge on any atom is 0.364 e. The topological polar surface area (TPSA) is 245 Å². The van der Waals surface area contributed by atoms with Gasteiger partial charge in [-0.3, -0.25) is 4.79 Å². The van der Waals surface area contributed by atoms with Gasteiger partial charge in [0.2, 0.25) is 5.91 Å². The number of aliphatic hydroxyl groups excluding tert-OH is 7. The van der Waals surface area contributed by atoms with E-state index in [1.165, 1.54) is 0 Å². The number of carbonyl (C=O) groups excluding carboxylic acids is 1. The van der Waals surface area contributed by atoms with E-state index in [2.05, 4.69) is 5.32 Å². The molecule has 15 heteroatoms. The molecule has 0 saturated carbocycles. The van der Waals surface area contributed by atoms with Crippen molar-refractivity contribution in [2.75, 3.05) is 20.3 Å². The van der Waals surface area contributed by atoms with Crippen molar-refractivity contribution in [2.24, 2.45) is 0 Å². The minimum Gasteiger partial charge on any atom is -0.477 e. The van der Waals surface area contributed by atoms with Crippen molar-refractivity contribution in [2.45, 2.75) is 80.3 Å². The van der Waals surface area contributed by atoms with Crippen molar-refractivity contribution in [1.82, 2.24) is 5.32 Å². The molecular weight excluding hydrogens is 454 g/mol. The average molecular weight is 485 g/mol. The summed E-state index contributed by atoms with van der Waals surface area (Å²) in [4.78, 5) is 23.6. The molecule has 192 valence electrons. The minimum atomic E-state index is -2.65. The predicted molar refractivity (Wildman–Crippen MR) is 102 cm³/mol. The van der Waals surface area contributed by atoms with E-state index < -0.39 is 98.5 Å². The first-order valence-electron chi connectivity index (χ1n) is 10.1. The summed E-state index contributed by atoms with van der Waals surface area (Å²) in [5.41, 5.74) is 0. The van der Waals surface area contributed by atoms with Gasteiger partial charge in [-0.05, 0) is 0 Å². The van der Waals surface area contributed by atoms with Crippen LogP contribution in [0, 0.1) is 0 Å². The molecule has 2 rings (SSSR count). The molecule has 2 aliphatic heterocycles. The largest absolute Gasteiger partial charge is 0.477 e. The molecule has 0 aromatic rings. The van der Waals surface area contributed by atoms with Crippen LogP contribution in [0.1, 0.15) is 13.3 Å². The van der Waals surface area contributed by atoms with Crippen LogP contribution in [0.3, 0.4) is 0 Å². The molecule has 1 amide bonds. The lowest BCUT2D eigenvalue weighted by molar-refractivity contribution is -0.336. The molecule has 0 unspecified atom stereocenters. The molecule has 0 spiro atoms. The fraction of sp³-hybridized carbons (Fsp3) is 0.889. The molecule has 0 aromatic carbocycles. The first kappa shape index (κ1) is 27.7. The normalized spacial score (nSPS) is 41.2. The molecule has 0 bridgehead atoms. The Labute approximate surface area is 188 Å².